The molecule has 0 aromatic heterocycles. The summed E-state index contributed by atoms with van der Waals surface area (Å²) in [5, 5.41) is 10.8. The van der Waals surface area contributed by atoms with Gasteiger partial charge in [0.05, 0.1) is 4.92 Å². The maximum Gasteiger partial charge on any atom is 0.402 e. The molecule has 0 radical (unpaired) electrons. The molecule has 0 saturated heterocycles. The van der Waals surface area contributed by atoms with Crippen LogP contribution in [0.15, 0.2) is 23.1 Å². The number of nitro benzene ring substituents is 1. The van der Waals surface area contributed by atoms with Crippen LogP contribution in [0.25, 0.3) is 0 Å². The van der Waals surface area contributed by atoms with E-state index in [1.807, 2.05) is 5.43 Å². The van der Waals surface area contributed by atoms with Crippen molar-refractivity contribution >= 4 is 21.4 Å². The summed E-state index contributed by atoms with van der Waals surface area (Å²) in [6.45, 7) is -1.84. The number of rotatable bonds is 5. The van der Waals surface area contributed by atoms with Crippen molar-refractivity contribution in [1.29, 1.82) is 0 Å². The molecule has 20 heavy (non-hydrogen) atoms. The molecule has 0 heterocycles. The van der Waals surface area contributed by atoms with Gasteiger partial charge in [-0.05, 0) is 12.1 Å². The van der Waals surface area contributed by atoms with Gasteiger partial charge in [0.15, 0.2) is 4.90 Å². The van der Waals surface area contributed by atoms with Crippen LogP contribution in [0.5, 0.6) is 0 Å². The predicted molar refractivity (Wildman–Crippen MR) is 62.1 cm³/mol. The molecule has 8 nitrogen and oxygen atoms in total. The molecule has 0 amide bonds. The summed E-state index contributed by atoms with van der Waals surface area (Å²) in [6.07, 6.45) is -4.79. The van der Waals surface area contributed by atoms with E-state index in [1.165, 1.54) is 4.72 Å². The van der Waals surface area contributed by atoms with E-state index < -0.39 is 38.3 Å². The van der Waals surface area contributed by atoms with Crippen molar-refractivity contribution in [1.82, 2.24) is 4.72 Å². The zero-order valence-corrected chi connectivity index (χ0v) is 10.5. The van der Waals surface area contributed by atoms with Crippen molar-refractivity contribution in [2.45, 2.75) is 11.1 Å². The second-order valence-electron chi connectivity index (χ2n) is 3.49. The Morgan fingerprint density at radius 3 is 2.40 bits per heavy atom. The lowest BCUT2D eigenvalue weighted by Crippen LogP contribution is -2.34. The van der Waals surface area contributed by atoms with E-state index in [0.29, 0.717) is 0 Å². The largest absolute Gasteiger partial charge is 0.402 e. The molecule has 0 unspecified atom stereocenters. The van der Waals surface area contributed by atoms with E-state index in [0.717, 1.165) is 18.2 Å². The molecule has 12 heteroatoms. The number of hydrogen-bond donors (Lipinski definition) is 3. The van der Waals surface area contributed by atoms with Crippen LogP contribution in [0.4, 0.5) is 24.5 Å². The molecule has 0 aliphatic carbocycles. The van der Waals surface area contributed by atoms with Gasteiger partial charge in [0.2, 0.25) is 10.0 Å². The minimum atomic E-state index is -4.79. The van der Waals surface area contributed by atoms with Crippen LogP contribution in [0.3, 0.4) is 0 Å². The van der Waals surface area contributed by atoms with Crippen molar-refractivity contribution in [2.75, 3.05) is 12.0 Å². The SMILES string of the molecule is NNc1cccc(S(=O)(=O)NCC(F)(F)F)c1[N+](=O)[O-]. The van der Waals surface area contributed by atoms with Gasteiger partial charge in [0, 0.05) is 0 Å². The second-order valence-corrected chi connectivity index (χ2v) is 5.23. The monoisotopic (exact) mass is 314 g/mol. The third-order valence-corrected chi connectivity index (χ3v) is 3.52. The normalized spacial score (nSPS) is 12.2. The highest BCUT2D eigenvalue weighted by Crippen LogP contribution is 2.31. The maximum atomic E-state index is 12.0. The summed E-state index contributed by atoms with van der Waals surface area (Å²) in [4.78, 5) is 8.87. The first-order valence-corrected chi connectivity index (χ1v) is 6.37. The average Bonchev–Trinajstić information content (AvgIpc) is 2.34. The van der Waals surface area contributed by atoms with E-state index in [4.69, 9.17) is 5.84 Å². The second kappa shape index (κ2) is 5.60. The van der Waals surface area contributed by atoms with Gasteiger partial charge in [-0.1, -0.05) is 6.07 Å². The average molecular weight is 314 g/mol. The molecular formula is C8H9F3N4O4S. The number of nitro groups is 1. The van der Waals surface area contributed by atoms with Gasteiger partial charge in [-0.3, -0.25) is 16.0 Å². The van der Waals surface area contributed by atoms with Gasteiger partial charge < -0.3 is 5.43 Å². The zero-order valence-electron chi connectivity index (χ0n) is 9.64. The Kier molecular flexibility index (Phi) is 4.52. The van der Waals surface area contributed by atoms with Gasteiger partial charge in [-0.2, -0.15) is 13.2 Å². The van der Waals surface area contributed by atoms with Gasteiger partial charge in [-0.25, -0.2) is 13.1 Å². The fraction of sp³-hybridized carbons (Fsp3) is 0.250. The number of para-hydroxylation sites is 1. The number of nitrogens with one attached hydrogen (secondary N) is 2. The molecule has 1 aromatic rings. The van der Waals surface area contributed by atoms with Crippen LogP contribution >= 0.6 is 0 Å². The fourth-order valence-corrected chi connectivity index (χ4v) is 2.50. The molecule has 0 aliphatic heterocycles. The minimum absolute atomic E-state index is 0.343. The highest BCUT2D eigenvalue weighted by Gasteiger charge is 2.33. The standard InChI is InChI=1S/C8H9F3N4O4S/c9-8(10,11)4-13-20(18,19)6-3-1-2-5(14-12)7(6)15(16)17/h1-3,13-14H,4,12H2. The van der Waals surface area contributed by atoms with Gasteiger partial charge >= 0.3 is 11.9 Å². The highest BCUT2D eigenvalue weighted by molar-refractivity contribution is 7.89. The molecule has 1 aromatic carbocycles. The Morgan fingerprint density at radius 2 is 1.95 bits per heavy atom. The van der Waals surface area contributed by atoms with Gasteiger partial charge in [-0.15, -0.1) is 0 Å². The number of hydrazine groups is 1. The molecule has 112 valence electrons. The molecule has 0 aliphatic rings. The van der Waals surface area contributed by atoms with Crippen LogP contribution in [0.2, 0.25) is 0 Å². The van der Waals surface area contributed by atoms with Gasteiger partial charge in [0.1, 0.15) is 12.2 Å². The number of nitrogen functional groups attached to an aromatic ring is 1. The quantitative estimate of drug-likeness (QED) is 0.417. The zero-order chi connectivity index (χ0) is 15.6. The molecule has 0 saturated carbocycles. The highest BCUT2D eigenvalue weighted by atomic mass is 32.2. The Balaban J connectivity index is 3.28. The van der Waals surface area contributed by atoms with Crippen LogP contribution in [0, 0.1) is 10.1 Å². The lowest BCUT2D eigenvalue weighted by Gasteiger charge is -2.11. The van der Waals surface area contributed by atoms with Gasteiger partial charge in [0.25, 0.3) is 0 Å². The summed E-state index contributed by atoms with van der Waals surface area (Å²) >= 11 is 0. The third-order valence-electron chi connectivity index (χ3n) is 2.09. The maximum absolute atomic E-state index is 12.0. The minimum Gasteiger partial charge on any atom is -0.318 e. The van der Waals surface area contributed by atoms with E-state index in [9.17, 15) is 31.7 Å². The number of anilines is 1. The number of alkyl halides is 3. The first kappa shape index (κ1) is 16.1. The van der Waals surface area contributed by atoms with Crippen molar-refractivity contribution in [3.63, 3.8) is 0 Å². The molecule has 0 atom stereocenters. The summed E-state index contributed by atoms with van der Waals surface area (Å²) in [5.74, 6) is 4.99. The molecule has 0 spiro atoms. The summed E-state index contributed by atoms with van der Waals surface area (Å²) < 4.78 is 60.7. The smallest absolute Gasteiger partial charge is 0.318 e. The Morgan fingerprint density at radius 1 is 1.35 bits per heavy atom. The number of benzene rings is 1. The number of nitrogens with zero attached hydrogens (tertiary/aromatic N) is 1. The number of sulfonamides is 1. The predicted octanol–water partition coefficient (Wildman–Crippen LogP) is 0.721. The molecule has 0 bridgehead atoms. The van der Waals surface area contributed by atoms with Crippen LogP contribution < -0.4 is 16.0 Å². The summed E-state index contributed by atoms with van der Waals surface area (Å²) in [7, 11) is -4.71. The van der Waals surface area contributed by atoms with Crippen molar-refractivity contribution in [3.8, 4) is 0 Å². The first-order valence-electron chi connectivity index (χ1n) is 4.89. The van der Waals surface area contributed by atoms with E-state index in [-0.39, 0.29) is 5.69 Å². The fourth-order valence-electron chi connectivity index (χ4n) is 1.30. The van der Waals surface area contributed by atoms with E-state index >= 15 is 0 Å². The summed E-state index contributed by atoms with van der Waals surface area (Å²) in [6, 6.07) is 3.02. The molecular weight excluding hydrogens is 305 g/mol. The van der Waals surface area contributed by atoms with Crippen LogP contribution in [0.1, 0.15) is 0 Å². The molecule has 4 N–H and O–H groups in total. The van der Waals surface area contributed by atoms with E-state index in [1.54, 1.807) is 0 Å². The number of hydrogen-bond acceptors (Lipinski definition) is 6. The van der Waals surface area contributed by atoms with E-state index in [2.05, 4.69) is 0 Å². The van der Waals surface area contributed by atoms with Crippen LogP contribution in [-0.4, -0.2) is 26.1 Å². The first-order chi connectivity index (χ1) is 9.08. The molecule has 0 fully saturated rings. The van der Waals surface area contributed by atoms with Crippen molar-refractivity contribution < 1.29 is 26.5 Å². The van der Waals surface area contributed by atoms with Crippen LogP contribution in [-0.2, 0) is 10.0 Å². The Bertz CT molecular complexity index is 617. The Hall–Kier alpha value is -1.92. The number of halogens is 3. The lowest BCUT2D eigenvalue weighted by atomic mass is 10.3. The number of nitrogens with two attached hydrogens (primary N) is 1. The van der Waals surface area contributed by atoms with Crippen molar-refractivity contribution in [2.24, 2.45) is 5.84 Å². The Labute approximate surface area is 110 Å². The summed E-state index contributed by atoms with van der Waals surface area (Å²) in [5.41, 5.74) is 0.623. The third kappa shape index (κ3) is 3.79. The topological polar surface area (TPSA) is 127 Å². The lowest BCUT2D eigenvalue weighted by molar-refractivity contribution is -0.386. The van der Waals surface area contributed by atoms with Crippen molar-refractivity contribution in [3.05, 3.63) is 28.3 Å². The molecule has 1 rings (SSSR count).